The van der Waals surface area contributed by atoms with Crippen molar-refractivity contribution in [2.75, 3.05) is 33.9 Å². The third-order valence-electron chi connectivity index (χ3n) is 4.07. The number of likely N-dealkylation sites (tertiary alicyclic amines) is 1. The van der Waals surface area contributed by atoms with E-state index in [1.54, 1.807) is 14.2 Å². The first-order valence-corrected chi connectivity index (χ1v) is 8.00. The molecule has 1 saturated heterocycles. The molecule has 0 aliphatic carbocycles. The van der Waals surface area contributed by atoms with E-state index in [4.69, 9.17) is 15.2 Å². The first kappa shape index (κ1) is 19.9. The summed E-state index contributed by atoms with van der Waals surface area (Å²) in [4.78, 5) is 6.74. The maximum absolute atomic E-state index is 6.13. The zero-order valence-electron chi connectivity index (χ0n) is 14.1. The Hall–Kier alpha value is -1.18. The molecular weight excluding hydrogens is 405 g/mol. The van der Waals surface area contributed by atoms with Gasteiger partial charge in [0.2, 0.25) is 0 Å². The van der Waals surface area contributed by atoms with Crippen LogP contribution in [0.1, 0.15) is 31.2 Å². The van der Waals surface area contributed by atoms with Gasteiger partial charge in [0, 0.05) is 19.6 Å². The predicted octanol–water partition coefficient (Wildman–Crippen LogP) is 3.06. The van der Waals surface area contributed by atoms with Gasteiger partial charge in [-0.1, -0.05) is 12.8 Å². The molecule has 130 valence electrons. The fraction of sp³-hybridized carbons (Fsp3) is 0.588. The van der Waals surface area contributed by atoms with Gasteiger partial charge in [0.1, 0.15) is 11.5 Å². The van der Waals surface area contributed by atoms with Crippen LogP contribution in [-0.2, 0) is 6.42 Å². The molecule has 0 unspecified atom stereocenters. The highest BCUT2D eigenvalue weighted by molar-refractivity contribution is 14.0. The number of guanidine groups is 1. The second-order valence-electron chi connectivity index (χ2n) is 5.57. The molecule has 0 bridgehead atoms. The van der Waals surface area contributed by atoms with Crippen molar-refractivity contribution in [2.45, 2.75) is 32.1 Å². The number of nitrogens with zero attached hydrogens (tertiary/aromatic N) is 2. The predicted molar refractivity (Wildman–Crippen MR) is 105 cm³/mol. The summed E-state index contributed by atoms with van der Waals surface area (Å²) in [7, 11) is 3.35. The molecule has 0 spiro atoms. The molecule has 0 atom stereocenters. The molecular formula is C17H28IN3O2. The summed E-state index contributed by atoms with van der Waals surface area (Å²) in [6.07, 6.45) is 5.80. The fourth-order valence-electron chi connectivity index (χ4n) is 2.77. The van der Waals surface area contributed by atoms with Crippen LogP contribution >= 0.6 is 24.0 Å². The Bertz CT molecular complexity index is 501. The van der Waals surface area contributed by atoms with Crippen molar-refractivity contribution < 1.29 is 9.47 Å². The van der Waals surface area contributed by atoms with Crippen LogP contribution in [0.2, 0.25) is 0 Å². The number of methoxy groups -OCH3 is 2. The Labute approximate surface area is 156 Å². The largest absolute Gasteiger partial charge is 0.497 e. The van der Waals surface area contributed by atoms with Gasteiger partial charge in [-0.05, 0) is 43.0 Å². The molecule has 2 N–H and O–H groups in total. The van der Waals surface area contributed by atoms with Crippen LogP contribution in [0.5, 0.6) is 11.5 Å². The molecule has 1 aliphatic rings. The number of hydrogen-bond acceptors (Lipinski definition) is 3. The smallest absolute Gasteiger partial charge is 0.191 e. The van der Waals surface area contributed by atoms with E-state index in [9.17, 15) is 0 Å². The van der Waals surface area contributed by atoms with Crippen molar-refractivity contribution in [3.05, 3.63) is 23.8 Å². The maximum Gasteiger partial charge on any atom is 0.191 e. The van der Waals surface area contributed by atoms with Gasteiger partial charge in [-0.25, -0.2) is 0 Å². The quantitative estimate of drug-likeness (QED) is 0.441. The van der Waals surface area contributed by atoms with E-state index in [1.807, 2.05) is 18.2 Å². The summed E-state index contributed by atoms with van der Waals surface area (Å²) in [5, 5.41) is 0. The lowest BCUT2D eigenvalue weighted by atomic mass is 10.1. The zero-order valence-corrected chi connectivity index (χ0v) is 16.4. The van der Waals surface area contributed by atoms with Gasteiger partial charge in [0.25, 0.3) is 0 Å². The lowest BCUT2D eigenvalue weighted by Crippen LogP contribution is -2.38. The van der Waals surface area contributed by atoms with E-state index >= 15 is 0 Å². The highest BCUT2D eigenvalue weighted by Crippen LogP contribution is 2.24. The van der Waals surface area contributed by atoms with Gasteiger partial charge in [-0.15, -0.1) is 24.0 Å². The Kier molecular flexibility index (Phi) is 9.13. The average Bonchev–Trinajstić information content (AvgIpc) is 2.84. The molecule has 2 rings (SSSR count). The summed E-state index contributed by atoms with van der Waals surface area (Å²) in [6.45, 7) is 2.71. The molecule has 23 heavy (non-hydrogen) atoms. The normalized spacial score (nSPS) is 15.6. The molecule has 1 aromatic carbocycles. The highest BCUT2D eigenvalue weighted by atomic mass is 127. The molecule has 1 aromatic rings. The Morgan fingerprint density at radius 3 is 2.43 bits per heavy atom. The summed E-state index contributed by atoms with van der Waals surface area (Å²) in [5.74, 6) is 2.37. The van der Waals surface area contributed by atoms with Crippen LogP contribution < -0.4 is 15.2 Å². The van der Waals surface area contributed by atoms with E-state index in [0.29, 0.717) is 12.5 Å². The minimum Gasteiger partial charge on any atom is -0.497 e. The van der Waals surface area contributed by atoms with Crippen molar-refractivity contribution in [3.63, 3.8) is 0 Å². The average molecular weight is 433 g/mol. The van der Waals surface area contributed by atoms with Crippen LogP contribution in [0, 0.1) is 0 Å². The Morgan fingerprint density at radius 1 is 1.13 bits per heavy atom. The molecule has 1 fully saturated rings. The molecule has 0 radical (unpaired) electrons. The van der Waals surface area contributed by atoms with Crippen LogP contribution in [0.3, 0.4) is 0 Å². The van der Waals surface area contributed by atoms with E-state index < -0.39 is 0 Å². The number of ether oxygens (including phenoxy) is 2. The van der Waals surface area contributed by atoms with Crippen molar-refractivity contribution in [2.24, 2.45) is 10.7 Å². The first-order chi connectivity index (χ1) is 10.7. The summed E-state index contributed by atoms with van der Waals surface area (Å²) >= 11 is 0. The van der Waals surface area contributed by atoms with Gasteiger partial charge >= 0.3 is 0 Å². The molecule has 5 nitrogen and oxygen atoms in total. The van der Waals surface area contributed by atoms with Crippen molar-refractivity contribution in [1.82, 2.24) is 4.90 Å². The number of aliphatic imine (C=N–C) groups is 1. The molecule has 1 heterocycles. The van der Waals surface area contributed by atoms with Gasteiger partial charge in [-0.3, -0.25) is 4.99 Å². The zero-order chi connectivity index (χ0) is 15.8. The van der Waals surface area contributed by atoms with Gasteiger partial charge in [-0.2, -0.15) is 0 Å². The Morgan fingerprint density at radius 2 is 1.83 bits per heavy atom. The number of rotatable bonds is 5. The van der Waals surface area contributed by atoms with Crippen LogP contribution in [0.4, 0.5) is 0 Å². The van der Waals surface area contributed by atoms with Crippen LogP contribution in [0.25, 0.3) is 0 Å². The van der Waals surface area contributed by atoms with E-state index in [-0.39, 0.29) is 24.0 Å². The minimum absolute atomic E-state index is 0. The lowest BCUT2D eigenvalue weighted by molar-refractivity contribution is 0.398. The number of nitrogens with two attached hydrogens (primary N) is 1. The number of halogens is 1. The summed E-state index contributed by atoms with van der Waals surface area (Å²) in [6, 6.07) is 5.82. The highest BCUT2D eigenvalue weighted by Gasteiger charge is 2.11. The standard InChI is InChI=1S/C17H27N3O2.HI/c1-21-15-7-8-16(22-2)14(13-15)9-10-19-17(18)20-11-5-3-4-6-12-20;/h7-8,13H,3-6,9-12H2,1-2H3,(H2,18,19);1H. The first-order valence-electron chi connectivity index (χ1n) is 8.00. The molecule has 6 heteroatoms. The maximum atomic E-state index is 6.13. The summed E-state index contributed by atoms with van der Waals surface area (Å²) in [5.41, 5.74) is 7.22. The van der Waals surface area contributed by atoms with Crippen molar-refractivity contribution in [1.29, 1.82) is 0 Å². The second-order valence-corrected chi connectivity index (χ2v) is 5.57. The minimum atomic E-state index is 0. The van der Waals surface area contributed by atoms with E-state index in [0.717, 1.165) is 36.6 Å². The molecule has 1 aliphatic heterocycles. The van der Waals surface area contributed by atoms with Crippen LogP contribution in [0.15, 0.2) is 23.2 Å². The van der Waals surface area contributed by atoms with Gasteiger partial charge in [0.05, 0.1) is 14.2 Å². The number of hydrogen-bond donors (Lipinski definition) is 1. The van der Waals surface area contributed by atoms with Crippen molar-refractivity contribution in [3.8, 4) is 11.5 Å². The van der Waals surface area contributed by atoms with Crippen molar-refractivity contribution >= 4 is 29.9 Å². The molecule has 0 saturated carbocycles. The van der Waals surface area contributed by atoms with E-state index in [2.05, 4.69) is 9.89 Å². The van der Waals surface area contributed by atoms with Gasteiger partial charge in [0.15, 0.2) is 5.96 Å². The topological polar surface area (TPSA) is 60.1 Å². The van der Waals surface area contributed by atoms with Gasteiger partial charge < -0.3 is 20.1 Å². The second kappa shape index (κ2) is 10.6. The SMILES string of the molecule is COc1ccc(OC)c(CCN=C(N)N2CCCCCC2)c1.I. The molecule has 0 amide bonds. The summed E-state index contributed by atoms with van der Waals surface area (Å²) < 4.78 is 10.7. The third kappa shape index (κ3) is 6.08. The Balaban J connectivity index is 0.00000264. The molecule has 0 aromatic heterocycles. The lowest BCUT2D eigenvalue weighted by Gasteiger charge is -2.21. The van der Waals surface area contributed by atoms with Crippen LogP contribution in [-0.4, -0.2) is 44.7 Å². The monoisotopic (exact) mass is 433 g/mol. The van der Waals surface area contributed by atoms with E-state index in [1.165, 1.54) is 25.7 Å². The fourth-order valence-corrected chi connectivity index (χ4v) is 2.77. The number of benzene rings is 1. The third-order valence-corrected chi connectivity index (χ3v) is 4.07.